The van der Waals surface area contributed by atoms with Crippen molar-refractivity contribution in [1.29, 1.82) is 0 Å². The molecule has 0 atom stereocenters. The summed E-state index contributed by atoms with van der Waals surface area (Å²) in [5, 5.41) is 3.44. The highest BCUT2D eigenvalue weighted by Gasteiger charge is 2.14. The van der Waals surface area contributed by atoms with Gasteiger partial charge in [0.05, 0.1) is 18.4 Å². The Kier molecular flexibility index (Phi) is 6.33. The SMILES string of the molecule is Cc1ccc(OCCOC(C)C)c(N2CCCNCC2)c1. The molecular weight excluding hydrogens is 264 g/mol. The van der Waals surface area contributed by atoms with Gasteiger partial charge in [-0.25, -0.2) is 0 Å². The summed E-state index contributed by atoms with van der Waals surface area (Å²) < 4.78 is 11.5. The van der Waals surface area contributed by atoms with Crippen LogP contribution in [0, 0.1) is 6.92 Å². The molecule has 0 unspecified atom stereocenters. The number of rotatable bonds is 6. The molecule has 4 nitrogen and oxygen atoms in total. The van der Waals surface area contributed by atoms with Crippen molar-refractivity contribution >= 4 is 5.69 Å². The second-order valence-corrected chi connectivity index (χ2v) is 5.83. The molecule has 0 bridgehead atoms. The smallest absolute Gasteiger partial charge is 0.142 e. The zero-order valence-corrected chi connectivity index (χ0v) is 13.5. The maximum Gasteiger partial charge on any atom is 0.142 e. The summed E-state index contributed by atoms with van der Waals surface area (Å²) in [4.78, 5) is 2.42. The van der Waals surface area contributed by atoms with Gasteiger partial charge in [0.25, 0.3) is 0 Å². The van der Waals surface area contributed by atoms with Gasteiger partial charge in [-0.1, -0.05) is 6.07 Å². The van der Waals surface area contributed by atoms with Crippen molar-refractivity contribution in [2.75, 3.05) is 44.3 Å². The molecule has 1 N–H and O–H groups in total. The van der Waals surface area contributed by atoms with E-state index in [-0.39, 0.29) is 6.10 Å². The maximum atomic E-state index is 5.95. The van der Waals surface area contributed by atoms with Crippen LogP contribution in [-0.2, 0) is 4.74 Å². The van der Waals surface area contributed by atoms with Gasteiger partial charge in [0, 0.05) is 19.6 Å². The molecular formula is C17H28N2O2. The summed E-state index contributed by atoms with van der Waals surface area (Å²) >= 11 is 0. The van der Waals surface area contributed by atoms with Crippen LogP contribution in [0.1, 0.15) is 25.8 Å². The van der Waals surface area contributed by atoms with Crippen LogP contribution in [0.5, 0.6) is 5.75 Å². The van der Waals surface area contributed by atoms with Crippen molar-refractivity contribution in [3.05, 3.63) is 23.8 Å². The minimum atomic E-state index is 0.253. The summed E-state index contributed by atoms with van der Waals surface area (Å²) in [5.41, 5.74) is 2.48. The van der Waals surface area contributed by atoms with E-state index in [2.05, 4.69) is 35.3 Å². The van der Waals surface area contributed by atoms with Gasteiger partial charge in [-0.15, -0.1) is 0 Å². The van der Waals surface area contributed by atoms with Crippen molar-refractivity contribution in [2.45, 2.75) is 33.3 Å². The molecule has 1 fully saturated rings. The number of hydrogen-bond acceptors (Lipinski definition) is 4. The van der Waals surface area contributed by atoms with Crippen LogP contribution in [0.2, 0.25) is 0 Å². The van der Waals surface area contributed by atoms with Gasteiger partial charge in [-0.3, -0.25) is 0 Å². The third-order valence-electron chi connectivity index (χ3n) is 3.59. The quantitative estimate of drug-likeness (QED) is 0.817. The molecule has 0 spiro atoms. The first kappa shape index (κ1) is 16.1. The lowest BCUT2D eigenvalue weighted by molar-refractivity contribution is 0.0553. The number of nitrogens with one attached hydrogen (secondary N) is 1. The van der Waals surface area contributed by atoms with E-state index in [1.54, 1.807) is 0 Å². The molecule has 0 saturated carbocycles. The fraction of sp³-hybridized carbons (Fsp3) is 0.647. The van der Waals surface area contributed by atoms with E-state index < -0.39 is 0 Å². The molecule has 1 aliphatic heterocycles. The first-order chi connectivity index (χ1) is 10.2. The molecule has 1 aromatic rings. The number of hydrogen-bond donors (Lipinski definition) is 1. The second kappa shape index (κ2) is 8.25. The zero-order valence-electron chi connectivity index (χ0n) is 13.5. The van der Waals surface area contributed by atoms with Crippen LogP contribution in [0.25, 0.3) is 0 Å². The lowest BCUT2D eigenvalue weighted by Crippen LogP contribution is -2.28. The van der Waals surface area contributed by atoms with Gasteiger partial charge in [0.1, 0.15) is 12.4 Å². The first-order valence-corrected chi connectivity index (χ1v) is 7.97. The predicted molar refractivity (Wildman–Crippen MR) is 87.5 cm³/mol. The highest BCUT2D eigenvalue weighted by Crippen LogP contribution is 2.30. The minimum Gasteiger partial charge on any atom is -0.489 e. The Hall–Kier alpha value is -1.26. The van der Waals surface area contributed by atoms with Crippen LogP contribution in [0.4, 0.5) is 5.69 Å². The summed E-state index contributed by atoms with van der Waals surface area (Å²) in [5.74, 6) is 0.967. The first-order valence-electron chi connectivity index (χ1n) is 7.97. The van der Waals surface area contributed by atoms with Gasteiger partial charge in [-0.2, -0.15) is 0 Å². The van der Waals surface area contributed by atoms with Crippen molar-refractivity contribution < 1.29 is 9.47 Å². The van der Waals surface area contributed by atoms with E-state index in [0.717, 1.165) is 31.9 Å². The molecule has 1 aromatic carbocycles. The number of anilines is 1. The normalized spacial score (nSPS) is 16.1. The van der Waals surface area contributed by atoms with Crippen LogP contribution in [0.3, 0.4) is 0 Å². The highest BCUT2D eigenvalue weighted by atomic mass is 16.5. The lowest BCUT2D eigenvalue weighted by Gasteiger charge is -2.25. The Morgan fingerprint density at radius 2 is 2.05 bits per heavy atom. The molecule has 0 aromatic heterocycles. The third-order valence-corrected chi connectivity index (χ3v) is 3.59. The van der Waals surface area contributed by atoms with Gasteiger partial charge in [0.15, 0.2) is 0 Å². The van der Waals surface area contributed by atoms with Gasteiger partial charge >= 0.3 is 0 Å². The Bertz CT molecular complexity index is 427. The van der Waals surface area contributed by atoms with Gasteiger partial charge in [-0.05, 0) is 51.4 Å². The largest absolute Gasteiger partial charge is 0.489 e. The number of ether oxygens (including phenoxy) is 2. The van der Waals surface area contributed by atoms with E-state index in [4.69, 9.17) is 9.47 Å². The average Bonchev–Trinajstić information content (AvgIpc) is 2.73. The maximum absolute atomic E-state index is 5.95. The monoisotopic (exact) mass is 292 g/mol. The molecule has 0 aliphatic carbocycles. The van der Waals surface area contributed by atoms with Crippen LogP contribution in [0.15, 0.2) is 18.2 Å². The van der Waals surface area contributed by atoms with Crippen molar-refractivity contribution in [2.24, 2.45) is 0 Å². The number of benzene rings is 1. The summed E-state index contributed by atoms with van der Waals surface area (Å²) in [7, 11) is 0. The van der Waals surface area contributed by atoms with Crippen molar-refractivity contribution in [3.63, 3.8) is 0 Å². The third kappa shape index (κ3) is 5.21. The van der Waals surface area contributed by atoms with Gasteiger partial charge < -0.3 is 19.7 Å². The van der Waals surface area contributed by atoms with Crippen LogP contribution in [-0.4, -0.2) is 45.5 Å². The standard InChI is InChI=1S/C17H28N2O2/c1-14(2)20-11-12-21-17-6-5-15(3)13-16(17)19-9-4-7-18-8-10-19/h5-6,13-14,18H,4,7-12H2,1-3H3. The van der Waals surface area contributed by atoms with E-state index >= 15 is 0 Å². The topological polar surface area (TPSA) is 33.7 Å². The van der Waals surface area contributed by atoms with E-state index in [1.807, 2.05) is 13.8 Å². The predicted octanol–water partition coefficient (Wildman–Crippen LogP) is 2.60. The minimum absolute atomic E-state index is 0.253. The lowest BCUT2D eigenvalue weighted by atomic mass is 10.2. The summed E-state index contributed by atoms with van der Waals surface area (Å²) in [6.45, 7) is 11.7. The van der Waals surface area contributed by atoms with E-state index in [1.165, 1.54) is 17.7 Å². The van der Waals surface area contributed by atoms with E-state index in [0.29, 0.717) is 13.2 Å². The molecule has 2 rings (SSSR count). The van der Waals surface area contributed by atoms with Crippen molar-refractivity contribution in [3.8, 4) is 5.75 Å². The Balaban J connectivity index is 2.02. The molecule has 21 heavy (non-hydrogen) atoms. The number of nitrogens with zero attached hydrogens (tertiary/aromatic N) is 1. The Morgan fingerprint density at radius 1 is 1.19 bits per heavy atom. The van der Waals surface area contributed by atoms with Crippen LogP contribution < -0.4 is 15.0 Å². The van der Waals surface area contributed by atoms with Crippen LogP contribution >= 0.6 is 0 Å². The molecule has 1 saturated heterocycles. The molecule has 4 heteroatoms. The zero-order chi connectivity index (χ0) is 15.1. The summed E-state index contributed by atoms with van der Waals surface area (Å²) in [6.07, 6.45) is 1.42. The fourth-order valence-corrected chi connectivity index (χ4v) is 2.52. The number of aryl methyl sites for hydroxylation is 1. The van der Waals surface area contributed by atoms with Crippen molar-refractivity contribution in [1.82, 2.24) is 5.32 Å². The fourth-order valence-electron chi connectivity index (χ4n) is 2.52. The highest BCUT2D eigenvalue weighted by molar-refractivity contribution is 5.60. The second-order valence-electron chi connectivity index (χ2n) is 5.83. The Morgan fingerprint density at radius 3 is 2.86 bits per heavy atom. The molecule has 0 radical (unpaired) electrons. The molecule has 1 aliphatic rings. The van der Waals surface area contributed by atoms with Gasteiger partial charge in [0.2, 0.25) is 0 Å². The molecule has 1 heterocycles. The average molecular weight is 292 g/mol. The van der Waals surface area contributed by atoms with E-state index in [9.17, 15) is 0 Å². The summed E-state index contributed by atoms with van der Waals surface area (Å²) in [6, 6.07) is 6.42. The molecule has 0 amide bonds. The Labute approximate surface area is 128 Å². The molecule has 118 valence electrons.